The minimum Gasteiger partial charge on any atom is -0.0791 e. The highest BCUT2D eigenvalue weighted by Crippen LogP contribution is 2.37. The highest BCUT2D eigenvalue weighted by atomic mass is 28.3. The average Bonchev–Trinajstić information content (AvgIpc) is 2.61. The number of allylic oxidation sites excluding steroid dienone is 1. The first kappa shape index (κ1) is 16.8. The standard InChI is InChI=1S/C21H28Si/c1-4-22(5-2,6-3)21(20-15-11-8-12-16-20)18-17-19-13-9-7-10-14-19/h7-18,21H,4-6H2,1-3H3/b18-17+. The summed E-state index contributed by atoms with van der Waals surface area (Å²) in [5.41, 5.74) is 3.40. The number of benzene rings is 2. The van der Waals surface area contributed by atoms with Crippen molar-refractivity contribution in [3.8, 4) is 0 Å². The lowest BCUT2D eigenvalue weighted by molar-refractivity contribution is 1.02. The maximum Gasteiger partial charge on any atom is 0.0649 e. The quantitative estimate of drug-likeness (QED) is 0.510. The van der Waals surface area contributed by atoms with E-state index >= 15 is 0 Å². The Labute approximate surface area is 136 Å². The molecule has 0 heterocycles. The number of rotatable bonds is 7. The Kier molecular flexibility index (Phi) is 6.20. The normalized spacial score (nSPS) is 13.4. The molecule has 2 aromatic rings. The highest BCUT2D eigenvalue weighted by Gasteiger charge is 2.35. The molecule has 0 saturated heterocycles. The largest absolute Gasteiger partial charge is 0.0791 e. The molecule has 1 heteroatoms. The van der Waals surface area contributed by atoms with Gasteiger partial charge in [0.1, 0.15) is 0 Å². The molecule has 0 amide bonds. The van der Waals surface area contributed by atoms with E-state index in [-0.39, 0.29) is 0 Å². The van der Waals surface area contributed by atoms with Crippen LogP contribution in [0.1, 0.15) is 37.4 Å². The van der Waals surface area contributed by atoms with Crippen molar-refractivity contribution >= 4 is 14.1 Å². The van der Waals surface area contributed by atoms with E-state index in [1.165, 1.54) is 29.3 Å². The van der Waals surface area contributed by atoms with Crippen LogP contribution in [0, 0.1) is 0 Å². The highest BCUT2D eigenvalue weighted by molar-refractivity contribution is 6.81. The second-order valence-corrected chi connectivity index (χ2v) is 11.5. The Morgan fingerprint density at radius 2 is 1.27 bits per heavy atom. The van der Waals surface area contributed by atoms with E-state index in [2.05, 4.69) is 93.6 Å². The van der Waals surface area contributed by atoms with Gasteiger partial charge in [0.15, 0.2) is 0 Å². The Hall–Kier alpha value is -1.60. The Morgan fingerprint density at radius 3 is 1.77 bits per heavy atom. The second-order valence-electron chi connectivity index (χ2n) is 6.08. The third-order valence-electron chi connectivity index (χ3n) is 5.21. The van der Waals surface area contributed by atoms with Gasteiger partial charge in [-0.3, -0.25) is 0 Å². The molecule has 22 heavy (non-hydrogen) atoms. The van der Waals surface area contributed by atoms with Crippen LogP contribution in [-0.4, -0.2) is 8.07 Å². The van der Waals surface area contributed by atoms with Crippen molar-refractivity contribution < 1.29 is 0 Å². The molecule has 0 saturated carbocycles. The van der Waals surface area contributed by atoms with E-state index < -0.39 is 8.07 Å². The average molecular weight is 309 g/mol. The van der Waals surface area contributed by atoms with E-state index in [4.69, 9.17) is 0 Å². The predicted octanol–water partition coefficient (Wildman–Crippen LogP) is 6.53. The van der Waals surface area contributed by atoms with Gasteiger partial charge in [0.25, 0.3) is 0 Å². The van der Waals surface area contributed by atoms with Crippen LogP contribution in [0.4, 0.5) is 0 Å². The fourth-order valence-electron chi connectivity index (χ4n) is 3.51. The SMILES string of the molecule is CC[Si](CC)(CC)C(/C=C/c1ccccc1)c1ccccc1. The van der Waals surface area contributed by atoms with Gasteiger partial charge in [-0.25, -0.2) is 0 Å². The van der Waals surface area contributed by atoms with Gasteiger partial charge < -0.3 is 0 Å². The maximum absolute atomic E-state index is 2.48. The third kappa shape index (κ3) is 3.78. The van der Waals surface area contributed by atoms with E-state index in [1.807, 2.05) is 0 Å². The summed E-state index contributed by atoms with van der Waals surface area (Å²) in [6, 6.07) is 25.8. The molecule has 1 atom stereocenters. The smallest absolute Gasteiger partial charge is 0.0649 e. The Balaban J connectivity index is 2.40. The van der Waals surface area contributed by atoms with Crippen molar-refractivity contribution in [1.82, 2.24) is 0 Å². The molecule has 0 aliphatic rings. The molecule has 1 unspecified atom stereocenters. The molecule has 2 rings (SSSR count). The zero-order valence-corrected chi connectivity index (χ0v) is 15.1. The first-order chi connectivity index (χ1) is 10.8. The van der Waals surface area contributed by atoms with Crippen LogP contribution in [0.25, 0.3) is 6.08 Å². The van der Waals surface area contributed by atoms with Gasteiger partial charge >= 0.3 is 0 Å². The molecular weight excluding hydrogens is 280 g/mol. The van der Waals surface area contributed by atoms with Crippen molar-refractivity contribution in [2.24, 2.45) is 0 Å². The van der Waals surface area contributed by atoms with Crippen molar-refractivity contribution in [3.05, 3.63) is 77.9 Å². The zero-order chi connectivity index (χ0) is 15.8. The second kappa shape index (κ2) is 8.14. The molecule has 116 valence electrons. The summed E-state index contributed by atoms with van der Waals surface area (Å²) in [6.45, 7) is 7.18. The van der Waals surface area contributed by atoms with E-state index in [0.717, 1.165) is 0 Å². The number of hydrogen-bond acceptors (Lipinski definition) is 0. The first-order valence-electron chi connectivity index (χ1n) is 8.54. The fraction of sp³-hybridized carbons (Fsp3) is 0.333. The van der Waals surface area contributed by atoms with Gasteiger partial charge in [-0.1, -0.05) is 112 Å². The molecule has 0 radical (unpaired) electrons. The lowest BCUT2D eigenvalue weighted by Gasteiger charge is -2.36. The molecule has 0 bridgehead atoms. The first-order valence-corrected chi connectivity index (χ1v) is 11.2. The summed E-state index contributed by atoms with van der Waals surface area (Å²) >= 11 is 0. The van der Waals surface area contributed by atoms with Crippen LogP contribution >= 0.6 is 0 Å². The van der Waals surface area contributed by atoms with Gasteiger partial charge in [0, 0.05) is 0 Å². The Morgan fingerprint density at radius 1 is 0.773 bits per heavy atom. The molecule has 0 N–H and O–H groups in total. The van der Waals surface area contributed by atoms with E-state index in [1.54, 1.807) is 0 Å². The summed E-state index contributed by atoms with van der Waals surface area (Å²) in [5.74, 6) is 0. The van der Waals surface area contributed by atoms with Gasteiger partial charge in [-0.05, 0) is 16.7 Å². The zero-order valence-electron chi connectivity index (χ0n) is 14.1. The fourth-order valence-corrected chi connectivity index (χ4v) is 7.73. The molecule has 2 aromatic carbocycles. The summed E-state index contributed by atoms with van der Waals surface area (Å²) < 4.78 is 0. The van der Waals surface area contributed by atoms with E-state index in [9.17, 15) is 0 Å². The minimum atomic E-state index is -1.33. The summed E-state index contributed by atoms with van der Waals surface area (Å²) in [7, 11) is -1.33. The van der Waals surface area contributed by atoms with Crippen molar-refractivity contribution in [3.63, 3.8) is 0 Å². The molecule has 0 fully saturated rings. The molecule has 0 spiro atoms. The lowest BCUT2D eigenvalue weighted by atomic mass is 10.1. The van der Waals surface area contributed by atoms with Crippen molar-refractivity contribution in [2.75, 3.05) is 0 Å². The summed E-state index contributed by atoms with van der Waals surface area (Å²) in [4.78, 5) is 0. The maximum atomic E-state index is 2.48. The van der Waals surface area contributed by atoms with Crippen LogP contribution in [0.5, 0.6) is 0 Å². The van der Waals surface area contributed by atoms with Crippen LogP contribution in [0.3, 0.4) is 0 Å². The number of hydrogen-bond donors (Lipinski definition) is 0. The monoisotopic (exact) mass is 308 g/mol. The third-order valence-corrected chi connectivity index (χ3v) is 11.3. The van der Waals surface area contributed by atoms with Gasteiger partial charge in [-0.2, -0.15) is 0 Å². The Bertz CT molecular complexity index is 559. The topological polar surface area (TPSA) is 0 Å². The minimum absolute atomic E-state index is 0.605. The van der Waals surface area contributed by atoms with Crippen LogP contribution in [0.2, 0.25) is 18.1 Å². The van der Waals surface area contributed by atoms with Crippen molar-refractivity contribution in [1.29, 1.82) is 0 Å². The molecule has 0 aromatic heterocycles. The van der Waals surface area contributed by atoms with Crippen molar-refractivity contribution in [2.45, 2.75) is 44.4 Å². The summed E-state index contributed by atoms with van der Waals surface area (Å²) in [6.07, 6.45) is 4.80. The molecule has 0 aliphatic carbocycles. The van der Waals surface area contributed by atoms with E-state index in [0.29, 0.717) is 5.54 Å². The molecular formula is C21H28Si. The van der Waals surface area contributed by atoms with Crippen LogP contribution < -0.4 is 0 Å². The lowest BCUT2D eigenvalue weighted by Crippen LogP contribution is -2.38. The van der Waals surface area contributed by atoms with Gasteiger partial charge in [-0.15, -0.1) is 0 Å². The van der Waals surface area contributed by atoms with Crippen LogP contribution in [0.15, 0.2) is 66.7 Å². The summed E-state index contributed by atoms with van der Waals surface area (Å²) in [5, 5.41) is 0. The molecule has 0 nitrogen and oxygen atoms in total. The van der Waals surface area contributed by atoms with Gasteiger partial charge in [0.2, 0.25) is 0 Å². The van der Waals surface area contributed by atoms with Crippen LogP contribution in [-0.2, 0) is 0 Å². The predicted molar refractivity (Wildman–Crippen MR) is 102 cm³/mol. The van der Waals surface area contributed by atoms with Gasteiger partial charge in [0.05, 0.1) is 8.07 Å². The molecule has 0 aliphatic heterocycles.